The van der Waals surface area contributed by atoms with Gasteiger partial charge in [0.05, 0.1) is 11.6 Å². The molecule has 2 aliphatic heterocycles. The number of phenols is 2. The summed E-state index contributed by atoms with van der Waals surface area (Å²) in [6, 6.07) is 12.8. The molecule has 0 aromatic heterocycles. The Labute approximate surface area is 401 Å². The van der Waals surface area contributed by atoms with Crippen LogP contribution in [0.2, 0.25) is 0 Å². The van der Waals surface area contributed by atoms with E-state index in [1.807, 2.05) is 6.07 Å². The van der Waals surface area contributed by atoms with Crippen molar-refractivity contribution in [2.75, 3.05) is 6.54 Å². The van der Waals surface area contributed by atoms with E-state index in [-0.39, 0.29) is 93.3 Å². The Morgan fingerprint density at radius 3 is 2.15 bits per heavy atom. The van der Waals surface area contributed by atoms with Crippen LogP contribution in [-0.4, -0.2) is 93.7 Å². The van der Waals surface area contributed by atoms with E-state index < -0.39 is 17.6 Å². The van der Waals surface area contributed by atoms with Gasteiger partial charge in [-0.15, -0.1) is 0 Å². The van der Waals surface area contributed by atoms with Crippen molar-refractivity contribution in [3.63, 3.8) is 0 Å². The van der Waals surface area contributed by atoms with Crippen LogP contribution < -0.4 is 16.2 Å². The molecule has 5 unspecified atom stereocenters. The number of hydrogen-bond acceptors (Lipinski definition) is 8. The molecular weight excluding hydrogens is 771 g/mol. The quantitative estimate of drug-likeness (QED) is 0.0685. The molecule has 6 aliphatic rings. The molecule has 0 bridgehead atoms. The van der Waals surface area contributed by atoms with E-state index in [0.29, 0.717) is 58.1 Å². The van der Waals surface area contributed by atoms with Gasteiger partial charge in [-0.1, -0.05) is 59.1 Å². The molecule has 1 spiro atoms. The number of phenolic OH excluding ortho intramolecular Hbond substituents is 2. The van der Waals surface area contributed by atoms with E-state index in [1.54, 1.807) is 24.3 Å². The Bertz CT molecular complexity index is 2070. The summed E-state index contributed by atoms with van der Waals surface area (Å²) in [7, 11) is 0. The number of esters is 1. The van der Waals surface area contributed by atoms with E-state index in [1.165, 1.54) is 63.5 Å². The maximum atomic E-state index is 14.9. The molecule has 8 nitrogen and oxygen atoms in total. The van der Waals surface area contributed by atoms with E-state index in [9.17, 15) is 19.8 Å². The minimum absolute atomic E-state index is 0. The molecular formula is C50H66N2Na2O6. The summed E-state index contributed by atoms with van der Waals surface area (Å²) in [5.41, 5.74) is 15.1. The average molecular weight is 837 g/mol. The van der Waals surface area contributed by atoms with Crippen molar-refractivity contribution in [1.82, 2.24) is 0 Å². The van der Waals surface area contributed by atoms with Gasteiger partial charge >= 0.3 is 65.1 Å². The molecule has 4 saturated carbocycles. The van der Waals surface area contributed by atoms with Crippen LogP contribution in [0.15, 0.2) is 48.5 Å². The second-order valence-corrected chi connectivity index (χ2v) is 19.9. The van der Waals surface area contributed by atoms with E-state index in [0.717, 1.165) is 67.3 Å². The zero-order valence-corrected chi connectivity index (χ0v) is 35.0. The third kappa shape index (κ3) is 7.18. The molecule has 10 atom stereocenters. The molecule has 4 fully saturated rings. The van der Waals surface area contributed by atoms with Gasteiger partial charge in [0.1, 0.15) is 23.0 Å². The Kier molecular flexibility index (Phi) is 13.5. The number of carbonyl (C=O) groups excluding carboxylic acids is 2. The number of ether oxygens (including phenoxy) is 2. The first-order valence-corrected chi connectivity index (χ1v) is 22.6. The fourth-order valence-electron chi connectivity index (χ4n) is 14.4. The van der Waals surface area contributed by atoms with Crippen LogP contribution in [0.1, 0.15) is 166 Å². The van der Waals surface area contributed by atoms with Crippen LogP contribution >= 0.6 is 0 Å². The van der Waals surface area contributed by atoms with E-state index in [4.69, 9.17) is 20.9 Å². The van der Waals surface area contributed by atoms with Gasteiger partial charge in [-0.3, -0.25) is 4.79 Å². The zero-order valence-electron chi connectivity index (χ0n) is 35.0. The van der Waals surface area contributed by atoms with Gasteiger partial charge in [-0.25, -0.2) is 4.79 Å². The molecule has 3 aromatic carbocycles. The third-order valence-corrected chi connectivity index (χ3v) is 17.1. The van der Waals surface area contributed by atoms with Crippen molar-refractivity contribution in [3.05, 3.63) is 81.9 Å². The summed E-state index contributed by atoms with van der Waals surface area (Å²) >= 11 is 0. The van der Waals surface area contributed by atoms with Crippen LogP contribution in [0.25, 0.3) is 0 Å². The van der Waals surface area contributed by atoms with E-state index in [2.05, 4.69) is 33.8 Å². The monoisotopic (exact) mass is 836 g/mol. The number of hydrogen-bond donors (Lipinski definition) is 4. The summed E-state index contributed by atoms with van der Waals surface area (Å²) in [5.74, 6) is 4.50. The average Bonchev–Trinajstić information content (AvgIpc) is 3.71. The fourth-order valence-corrected chi connectivity index (χ4v) is 14.4. The Morgan fingerprint density at radius 1 is 0.833 bits per heavy atom. The van der Waals surface area contributed by atoms with Gasteiger partial charge in [0, 0.05) is 34.4 Å². The number of aromatic hydroxyl groups is 2. The molecule has 0 amide bonds. The number of fused-ring (bicyclic) bond motifs is 11. The molecule has 0 saturated heterocycles. The van der Waals surface area contributed by atoms with Gasteiger partial charge in [0.25, 0.3) is 0 Å². The Hall–Kier alpha value is -1.88. The van der Waals surface area contributed by atoms with Crippen molar-refractivity contribution in [3.8, 4) is 23.0 Å². The summed E-state index contributed by atoms with van der Waals surface area (Å²) in [4.78, 5) is 29.5. The van der Waals surface area contributed by atoms with Gasteiger partial charge in [-0.2, -0.15) is 0 Å². The third-order valence-electron chi connectivity index (χ3n) is 17.1. The van der Waals surface area contributed by atoms with Crippen molar-refractivity contribution in [2.45, 2.75) is 135 Å². The van der Waals surface area contributed by atoms with Gasteiger partial charge < -0.3 is 31.2 Å². The summed E-state index contributed by atoms with van der Waals surface area (Å²) in [5, 5.41) is 21.0. The number of carbonyl (C=O) groups is 2. The molecule has 4 aliphatic carbocycles. The standard InChI is InChI=1S/C50H64N2O6.2Na.2H/c1-5-8-28(2)35-18-19-36-34-13-10-30-25-29(20-22-48(30,3)37(34)21-23-49(35,36)4)33-14-17-40-45(44(33)46(55)41(52)9-6-7-24-51)47(56)58-50(40)38-15-11-31(53)26-42(38)57-43-27-32(54)12-16-39(43)50;;;;/h11-12,14-17,26-30,34-37,41,53-54H,5-10,13,18-25,51-52H2,1-4H3;;;;/t28-,29?,30?,34?,35-,36?,37?,41+,48+,49-;;;;/m1..../s1. The molecule has 2 heterocycles. The normalized spacial score (nSPS) is 31.3. The number of benzene rings is 3. The Balaban J connectivity index is 0.00000272. The number of unbranched alkanes of at least 4 members (excludes halogenated alkanes) is 1. The molecule has 9 rings (SSSR count). The molecule has 0 radical (unpaired) electrons. The first kappa shape index (κ1) is 46.1. The summed E-state index contributed by atoms with van der Waals surface area (Å²) in [6.07, 6.45) is 15.7. The number of Topliss-reactive ketones (excluding diaryl/α,β-unsaturated/α-hetero) is 1. The molecule has 6 N–H and O–H groups in total. The van der Waals surface area contributed by atoms with Gasteiger partial charge in [0.15, 0.2) is 11.4 Å². The Morgan fingerprint density at radius 2 is 1.48 bits per heavy atom. The first-order valence-electron chi connectivity index (χ1n) is 22.6. The predicted molar refractivity (Wildman–Crippen MR) is 240 cm³/mol. The van der Waals surface area contributed by atoms with Crippen LogP contribution in [0, 0.1) is 46.3 Å². The van der Waals surface area contributed by atoms with Crippen LogP contribution in [0.4, 0.5) is 0 Å². The first-order chi connectivity index (χ1) is 27.8. The van der Waals surface area contributed by atoms with Crippen LogP contribution in [-0.2, 0) is 10.3 Å². The topological polar surface area (TPSA) is 145 Å². The van der Waals surface area contributed by atoms with Gasteiger partial charge in [0.2, 0.25) is 0 Å². The second kappa shape index (κ2) is 17.6. The number of nitrogens with two attached hydrogens (primary N) is 2. The molecule has 60 heavy (non-hydrogen) atoms. The molecule has 314 valence electrons. The van der Waals surface area contributed by atoms with E-state index >= 15 is 0 Å². The minimum atomic E-state index is -1.46. The van der Waals surface area contributed by atoms with Gasteiger partial charge in [-0.05, 0) is 159 Å². The van der Waals surface area contributed by atoms with Crippen LogP contribution in [0.5, 0.6) is 23.0 Å². The molecule has 10 heteroatoms. The van der Waals surface area contributed by atoms with Crippen LogP contribution in [0.3, 0.4) is 0 Å². The number of ketones is 1. The number of rotatable bonds is 10. The fraction of sp³-hybridized carbons (Fsp3) is 0.600. The SMILES string of the molecule is CCC[C@@H](C)[C@H]1CCC2C3CCC4CC(c5ccc6c(c5C(=O)[C@@H](N)CCCCN)C(=O)OC65c6ccc(O)cc6Oc6cc(O)ccc65)CC[C@]4(C)C3CC[C@@]21C.[NaH].[NaH]. The second-order valence-electron chi connectivity index (χ2n) is 19.9. The van der Waals surface area contributed by atoms with Crippen molar-refractivity contribution in [1.29, 1.82) is 0 Å². The summed E-state index contributed by atoms with van der Waals surface area (Å²) < 4.78 is 12.8. The predicted octanol–water partition coefficient (Wildman–Crippen LogP) is 9.19. The zero-order chi connectivity index (χ0) is 40.7. The molecule has 3 aromatic rings. The van der Waals surface area contributed by atoms with Crippen molar-refractivity contribution < 1.29 is 29.3 Å². The summed E-state index contributed by atoms with van der Waals surface area (Å²) in [6.45, 7) is 10.7. The maximum absolute atomic E-state index is 14.9. The van der Waals surface area contributed by atoms with Crippen molar-refractivity contribution in [2.24, 2.45) is 57.8 Å². The van der Waals surface area contributed by atoms with Crippen molar-refractivity contribution >= 4 is 70.9 Å².